The quantitative estimate of drug-likeness (QED) is 0.0660. The Balaban J connectivity index is 1.38. The molecule has 54 heavy (non-hydrogen) atoms. The number of allylic oxidation sites excluding steroid dienone is 2. The van der Waals surface area contributed by atoms with Gasteiger partial charge in [0.05, 0.1) is 45.6 Å². The van der Waals surface area contributed by atoms with Gasteiger partial charge >= 0.3 is 5.97 Å². The zero-order chi connectivity index (χ0) is 38.8. The third-order valence-electron chi connectivity index (χ3n) is 8.76. The molecule has 18 nitrogen and oxygen atoms in total. The molecule has 0 aliphatic heterocycles. The van der Waals surface area contributed by atoms with E-state index < -0.39 is 36.3 Å². The van der Waals surface area contributed by atoms with Crippen molar-refractivity contribution in [2.75, 3.05) is 10.6 Å². The van der Waals surface area contributed by atoms with Gasteiger partial charge in [0.1, 0.15) is 5.69 Å². The van der Waals surface area contributed by atoms with Gasteiger partial charge in [-0.2, -0.15) is 10.2 Å². The van der Waals surface area contributed by atoms with Crippen LogP contribution in [-0.2, 0) is 37.4 Å². The highest BCUT2D eigenvalue weighted by molar-refractivity contribution is 6.03. The summed E-state index contributed by atoms with van der Waals surface area (Å²) in [6, 6.07) is 11.1. The molecule has 4 aromatic heterocycles. The maximum absolute atomic E-state index is 13.4. The largest absolute Gasteiger partial charge is 0.481 e. The van der Waals surface area contributed by atoms with Crippen molar-refractivity contribution >= 4 is 57.7 Å². The molecule has 4 heterocycles. The van der Waals surface area contributed by atoms with Crippen LogP contribution in [0.5, 0.6) is 0 Å². The van der Waals surface area contributed by atoms with Crippen molar-refractivity contribution in [3.05, 3.63) is 94.1 Å². The van der Waals surface area contributed by atoms with Gasteiger partial charge in [-0.05, 0) is 75.7 Å². The zero-order valence-corrected chi connectivity index (χ0v) is 30.1. The number of aliphatic hydroxyl groups excluding tert-OH is 1. The number of rotatable bonds is 15. The number of hydrogen-bond acceptors (Lipinski definition) is 10. The Morgan fingerprint density at radius 3 is 2.11 bits per heavy atom. The van der Waals surface area contributed by atoms with Crippen molar-refractivity contribution in [1.29, 1.82) is 0 Å². The van der Waals surface area contributed by atoms with Gasteiger partial charge in [0, 0.05) is 37.3 Å². The third-order valence-corrected chi connectivity index (χ3v) is 8.76. The van der Waals surface area contributed by atoms with Crippen molar-refractivity contribution in [1.82, 2.24) is 38.7 Å². The second kappa shape index (κ2) is 15.0. The van der Waals surface area contributed by atoms with E-state index in [1.54, 1.807) is 61.8 Å². The number of nitrogens with two attached hydrogens (primary N) is 2. The molecule has 6 rings (SSSR count). The third kappa shape index (κ3) is 7.40. The number of aliphatic hydroxyl groups is 1. The Hall–Kier alpha value is -6.82. The molecule has 8 N–H and O–H groups in total. The second-order valence-corrected chi connectivity index (χ2v) is 12.6. The van der Waals surface area contributed by atoms with E-state index in [0.717, 1.165) is 0 Å². The number of carboxylic acids is 1. The maximum Gasteiger partial charge on any atom is 0.307 e. The van der Waals surface area contributed by atoms with Crippen LogP contribution < -0.4 is 22.1 Å². The number of anilines is 2. The van der Waals surface area contributed by atoms with Gasteiger partial charge in [-0.25, -0.2) is 9.97 Å². The van der Waals surface area contributed by atoms with Crippen molar-refractivity contribution in [3.8, 4) is 0 Å². The molecule has 18 heteroatoms. The summed E-state index contributed by atoms with van der Waals surface area (Å²) in [4.78, 5) is 58.8. The normalized spacial score (nSPS) is 12.2. The molecule has 3 amide bonds. The average Bonchev–Trinajstić information content (AvgIpc) is 3.88. The minimum Gasteiger partial charge on any atom is -0.481 e. The molecule has 6 aromatic rings. The molecule has 0 spiro atoms. The predicted octanol–water partition coefficient (Wildman–Crippen LogP) is 2.87. The van der Waals surface area contributed by atoms with Crippen LogP contribution in [-0.4, -0.2) is 72.6 Å². The number of primary amides is 2. The number of carboxylic acid groups (broad SMARTS) is 1. The molecular formula is C36H40N12O6. The van der Waals surface area contributed by atoms with E-state index in [-0.39, 0.29) is 36.1 Å². The fourth-order valence-corrected chi connectivity index (χ4v) is 6.38. The molecule has 1 atom stereocenters. The SMILES string of the molecule is CCn1nc(C)cc1C(=O)Nc1nc2cc(C(N)=O)ccc2n1C/C=C/Cn1c(NC(O)c2cc(C)nn2CC)nc2cc(C(N)=O)cc(CC(=O)O)c21. The number of carbonyl (C=O) groups excluding carboxylic acids is 3. The van der Waals surface area contributed by atoms with E-state index in [2.05, 4.69) is 30.8 Å². The van der Waals surface area contributed by atoms with E-state index in [4.69, 9.17) is 11.5 Å². The number of carbonyl (C=O) groups is 4. The highest BCUT2D eigenvalue weighted by Gasteiger charge is 2.23. The number of amides is 3. The van der Waals surface area contributed by atoms with Gasteiger partial charge < -0.3 is 36.1 Å². The average molecular weight is 737 g/mol. The molecular weight excluding hydrogens is 696 g/mol. The van der Waals surface area contributed by atoms with E-state index in [0.29, 0.717) is 63.5 Å². The van der Waals surface area contributed by atoms with Crippen LogP contribution >= 0.6 is 0 Å². The number of aryl methyl sites for hydroxylation is 4. The lowest BCUT2D eigenvalue weighted by Gasteiger charge is -2.16. The van der Waals surface area contributed by atoms with Crippen LogP contribution in [0.3, 0.4) is 0 Å². The fraction of sp³-hybridized carbons (Fsp3) is 0.278. The topological polar surface area (TPSA) is 256 Å². The monoisotopic (exact) mass is 736 g/mol. The number of nitrogens with zero attached hydrogens (tertiary/aromatic N) is 8. The van der Waals surface area contributed by atoms with Crippen molar-refractivity contribution in [2.24, 2.45) is 11.5 Å². The van der Waals surface area contributed by atoms with Crippen LogP contribution in [0.15, 0.2) is 54.6 Å². The first-order valence-corrected chi connectivity index (χ1v) is 17.1. The lowest BCUT2D eigenvalue weighted by Crippen LogP contribution is -2.20. The van der Waals surface area contributed by atoms with Crippen molar-refractivity contribution in [3.63, 3.8) is 0 Å². The van der Waals surface area contributed by atoms with Crippen LogP contribution in [0, 0.1) is 13.8 Å². The van der Waals surface area contributed by atoms with Crippen LogP contribution in [0.1, 0.15) is 73.9 Å². The molecule has 2 aromatic carbocycles. The molecule has 280 valence electrons. The summed E-state index contributed by atoms with van der Waals surface area (Å²) in [6.07, 6.45) is 1.95. The van der Waals surface area contributed by atoms with Crippen LogP contribution in [0.4, 0.5) is 11.9 Å². The Bertz CT molecular complexity index is 2470. The van der Waals surface area contributed by atoms with E-state index in [1.165, 1.54) is 12.1 Å². The highest BCUT2D eigenvalue weighted by Crippen LogP contribution is 2.29. The Morgan fingerprint density at radius 1 is 0.815 bits per heavy atom. The van der Waals surface area contributed by atoms with Crippen LogP contribution in [0.25, 0.3) is 22.1 Å². The van der Waals surface area contributed by atoms with Crippen molar-refractivity contribution in [2.45, 2.75) is 66.5 Å². The molecule has 0 aliphatic carbocycles. The molecule has 1 unspecified atom stereocenters. The van der Waals surface area contributed by atoms with Gasteiger partial charge in [-0.15, -0.1) is 0 Å². The molecule has 0 saturated carbocycles. The maximum atomic E-state index is 13.4. The number of aromatic nitrogens is 8. The molecule has 0 bridgehead atoms. The zero-order valence-electron chi connectivity index (χ0n) is 30.1. The first kappa shape index (κ1) is 37.0. The van der Waals surface area contributed by atoms with Gasteiger partial charge in [-0.3, -0.25) is 33.9 Å². The van der Waals surface area contributed by atoms with Gasteiger partial charge in [0.25, 0.3) is 5.91 Å². The van der Waals surface area contributed by atoms with Crippen LogP contribution in [0.2, 0.25) is 0 Å². The summed E-state index contributed by atoms with van der Waals surface area (Å²) in [5, 5.41) is 35.7. The molecule has 0 saturated heterocycles. The summed E-state index contributed by atoms with van der Waals surface area (Å²) < 4.78 is 6.69. The number of aliphatic carboxylic acids is 1. The summed E-state index contributed by atoms with van der Waals surface area (Å²) in [7, 11) is 0. The predicted molar refractivity (Wildman–Crippen MR) is 199 cm³/mol. The first-order valence-electron chi connectivity index (χ1n) is 17.1. The molecule has 0 radical (unpaired) electrons. The number of nitrogens with one attached hydrogen (secondary N) is 2. The van der Waals surface area contributed by atoms with E-state index >= 15 is 0 Å². The standard InChI is InChI=1S/C36H40N12O6/c1-5-47-27(13-19(3)43-47)33(53)41-35-39-24-16-21(31(37)51)9-10-26(24)45(35)11-7-8-12-46-30-22(18-29(49)50)15-23(32(38)52)17-25(30)40-36(46)42-34(54)28-14-20(4)44-48(28)6-2/h7-10,13-17,34,54H,5-6,11-12,18H2,1-4H3,(H2,37,51)(H2,38,52)(H,40,42)(H,49,50)(H,39,41,53)/b8-7+. The number of hydrogen-bond donors (Lipinski definition) is 6. The lowest BCUT2D eigenvalue weighted by atomic mass is 10.1. The molecule has 0 aliphatic rings. The minimum atomic E-state index is -1.24. The minimum absolute atomic E-state index is 0.0870. The van der Waals surface area contributed by atoms with E-state index in [1.807, 2.05) is 26.8 Å². The Morgan fingerprint density at radius 2 is 1.44 bits per heavy atom. The first-order chi connectivity index (χ1) is 25.8. The molecule has 0 fully saturated rings. The van der Waals surface area contributed by atoms with E-state index in [9.17, 15) is 29.4 Å². The Labute approximate surface area is 308 Å². The van der Waals surface area contributed by atoms with Gasteiger partial charge in [0.2, 0.25) is 23.7 Å². The second-order valence-electron chi connectivity index (χ2n) is 12.6. The summed E-state index contributed by atoms with van der Waals surface area (Å²) >= 11 is 0. The summed E-state index contributed by atoms with van der Waals surface area (Å²) in [5.41, 5.74) is 15.7. The number of imidazole rings is 2. The smallest absolute Gasteiger partial charge is 0.307 e. The number of benzene rings is 2. The van der Waals surface area contributed by atoms with Crippen molar-refractivity contribution < 1.29 is 29.4 Å². The lowest BCUT2D eigenvalue weighted by molar-refractivity contribution is -0.136. The highest BCUT2D eigenvalue weighted by atomic mass is 16.4. The Kier molecular flexibility index (Phi) is 10.3. The van der Waals surface area contributed by atoms with Gasteiger partial charge in [-0.1, -0.05) is 12.2 Å². The fourth-order valence-electron chi connectivity index (χ4n) is 6.38. The number of fused-ring (bicyclic) bond motifs is 2. The van der Waals surface area contributed by atoms with Gasteiger partial charge in [0.15, 0.2) is 6.23 Å². The summed E-state index contributed by atoms with van der Waals surface area (Å²) in [5.74, 6) is -2.51. The summed E-state index contributed by atoms with van der Waals surface area (Å²) in [6.45, 7) is 8.69.